The predicted octanol–water partition coefficient (Wildman–Crippen LogP) is 4.77. The van der Waals surface area contributed by atoms with Crippen LogP contribution in [0.5, 0.6) is 0 Å². The lowest BCUT2D eigenvalue weighted by Crippen LogP contribution is -2.25. The zero-order valence-corrected chi connectivity index (χ0v) is 17.4. The van der Waals surface area contributed by atoms with E-state index in [-0.39, 0.29) is 11.8 Å². The number of sulfone groups is 1. The van der Waals surface area contributed by atoms with Crippen molar-refractivity contribution < 1.29 is 8.42 Å². The molecule has 0 aliphatic carbocycles. The Morgan fingerprint density at radius 1 is 0.960 bits per heavy atom. The van der Waals surface area contributed by atoms with Gasteiger partial charge in [-0.3, -0.25) is 0 Å². The molecule has 0 aliphatic heterocycles. The molecular weight excluding hydrogens is 398 g/mol. The first kappa shape index (κ1) is 20.1. The first-order chi connectivity index (χ1) is 11.8. The van der Waals surface area contributed by atoms with Crippen molar-refractivity contribution in [2.75, 3.05) is 12.3 Å². The lowest BCUT2D eigenvalue weighted by Gasteiger charge is -2.15. The lowest BCUT2D eigenvalue weighted by atomic mass is 10.00. The minimum Gasteiger partial charge on any atom is -0.309 e. The second-order valence-corrected chi connectivity index (χ2v) is 9.81. The third-order valence-electron chi connectivity index (χ3n) is 4.12. The highest BCUT2D eigenvalue weighted by Crippen LogP contribution is 2.17. The van der Waals surface area contributed by atoms with Crippen molar-refractivity contribution in [1.82, 2.24) is 5.32 Å². The molecule has 0 saturated heterocycles. The molecule has 1 unspecified atom stereocenters. The van der Waals surface area contributed by atoms with Crippen LogP contribution >= 0.6 is 15.9 Å². The number of benzene rings is 2. The maximum atomic E-state index is 12.4. The van der Waals surface area contributed by atoms with Gasteiger partial charge in [-0.25, -0.2) is 8.42 Å². The third kappa shape index (κ3) is 6.24. The van der Waals surface area contributed by atoms with Crippen molar-refractivity contribution in [1.29, 1.82) is 0 Å². The summed E-state index contributed by atoms with van der Waals surface area (Å²) >= 11 is 3.32. The van der Waals surface area contributed by atoms with E-state index in [9.17, 15) is 8.42 Å². The van der Waals surface area contributed by atoms with E-state index < -0.39 is 9.84 Å². The summed E-state index contributed by atoms with van der Waals surface area (Å²) in [7, 11) is -3.26. The predicted molar refractivity (Wildman–Crippen MR) is 108 cm³/mol. The van der Waals surface area contributed by atoms with Crippen LogP contribution in [-0.4, -0.2) is 20.7 Å². The highest BCUT2D eigenvalue weighted by Gasteiger charge is 2.14. The fraction of sp³-hybridized carbons (Fsp3) is 0.400. The van der Waals surface area contributed by atoms with Crippen molar-refractivity contribution in [2.24, 2.45) is 5.92 Å². The van der Waals surface area contributed by atoms with Crippen molar-refractivity contribution in [3.63, 3.8) is 0 Å². The number of hydrogen-bond donors (Lipinski definition) is 1. The molecule has 0 heterocycles. The Kier molecular flexibility index (Phi) is 7.23. The summed E-state index contributed by atoms with van der Waals surface area (Å²) in [6.45, 7) is 6.91. The largest absolute Gasteiger partial charge is 0.309 e. The molecule has 136 valence electrons. The molecular formula is C20H26BrNO2S. The average Bonchev–Trinajstić information content (AvgIpc) is 2.55. The van der Waals surface area contributed by atoms with Gasteiger partial charge in [-0.1, -0.05) is 54.0 Å². The van der Waals surface area contributed by atoms with E-state index in [1.165, 1.54) is 11.1 Å². The molecule has 1 N–H and O–H groups in total. The zero-order chi connectivity index (χ0) is 18.4. The Labute approximate surface area is 159 Å². The maximum absolute atomic E-state index is 12.4. The smallest absolute Gasteiger partial charge is 0.179 e. The van der Waals surface area contributed by atoms with Crippen LogP contribution in [0.2, 0.25) is 0 Å². The summed E-state index contributed by atoms with van der Waals surface area (Å²) in [5.74, 6) is 0.731. The van der Waals surface area contributed by atoms with E-state index in [4.69, 9.17) is 0 Å². The SMILES string of the molecule is CC(C)Cc1ccc(C(C)NCCS(=O)(=O)c2ccc(Br)cc2)cc1. The van der Waals surface area contributed by atoms with Crippen LogP contribution in [0, 0.1) is 5.92 Å². The molecule has 0 amide bonds. The van der Waals surface area contributed by atoms with E-state index in [1.807, 2.05) is 0 Å². The van der Waals surface area contributed by atoms with Gasteiger partial charge in [0.25, 0.3) is 0 Å². The van der Waals surface area contributed by atoms with Gasteiger partial charge in [0.05, 0.1) is 10.6 Å². The molecule has 0 saturated carbocycles. The van der Waals surface area contributed by atoms with Gasteiger partial charge in [-0.15, -0.1) is 0 Å². The Morgan fingerprint density at radius 2 is 1.56 bits per heavy atom. The van der Waals surface area contributed by atoms with Crippen LogP contribution in [0.4, 0.5) is 0 Å². The van der Waals surface area contributed by atoms with Gasteiger partial charge in [-0.2, -0.15) is 0 Å². The monoisotopic (exact) mass is 423 g/mol. The van der Waals surface area contributed by atoms with Crippen molar-refractivity contribution in [3.05, 3.63) is 64.1 Å². The molecule has 2 rings (SSSR count). The van der Waals surface area contributed by atoms with Crippen molar-refractivity contribution >= 4 is 25.8 Å². The first-order valence-electron chi connectivity index (χ1n) is 8.58. The molecule has 0 aliphatic rings. The Hall–Kier alpha value is -1.17. The molecule has 5 heteroatoms. The standard InChI is InChI=1S/C20H26BrNO2S/c1-15(2)14-17-4-6-18(7-5-17)16(3)22-12-13-25(23,24)20-10-8-19(21)9-11-20/h4-11,15-16,22H,12-14H2,1-3H3. The third-order valence-corrected chi connectivity index (χ3v) is 6.38. The lowest BCUT2D eigenvalue weighted by molar-refractivity contribution is 0.572. The molecule has 2 aromatic carbocycles. The first-order valence-corrected chi connectivity index (χ1v) is 11.0. The molecule has 25 heavy (non-hydrogen) atoms. The van der Waals surface area contributed by atoms with Gasteiger partial charge in [0, 0.05) is 17.1 Å². The fourth-order valence-corrected chi connectivity index (χ4v) is 4.14. The van der Waals surface area contributed by atoms with Crippen LogP contribution in [0.15, 0.2) is 57.9 Å². The zero-order valence-electron chi connectivity index (χ0n) is 15.0. The molecule has 0 aromatic heterocycles. The number of halogens is 1. The molecule has 0 radical (unpaired) electrons. The fourth-order valence-electron chi connectivity index (χ4n) is 2.70. The Balaban J connectivity index is 1.89. The number of nitrogens with one attached hydrogen (secondary N) is 1. The van der Waals surface area contributed by atoms with Crippen LogP contribution < -0.4 is 5.32 Å². The summed E-state index contributed by atoms with van der Waals surface area (Å²) < 4.78 is 25.6. The van der Waals surface area contributed by atoms with Crippen LogP contribution in [0.3, 0.4) is 0 Å². The van der Waals surface area contributed by atoms with Crippen molar-refractivity contribution in [3.8, 4) is 0 Å². The summed E-state index contributed by atoms with van der Waals surface area (Å²) in [6.07, 6.45) is 1.08. The van der Waals surface area contributed by atoms with Gasteiger partial charge >= 0.3 is 0 Å². The average molecular weight is 424 g/mol. The van der Waals surface area contributed by atoms with Gasteiger partial charge in [0.15, 0.2) is 9.84 Å². The Morgan fingerprint density at radius 3 is 2.12 bits per heavy atom. The topological polar surface area (TPSA) is 46.2 Å². The number of rotatable bonds is 8. The molecule has 0 bridgehead atoms. The molecule has 3 nitrogen and oxygen atoms in total. The molecule has 0 fully saturated rings. The highest BCUT2D eigenvalue weighted by atomic mass is 79.9. The minimum atomic E-state index is -3.26. The maximum Gasteiger partial charge on any atom is 0.179 e. The van der Waals surface area contributed by atoms with Gasteiger partial charge < -0.3 is 5.32 Å². The summed E-state index contributed by atoms with van der Waals surface area (Å²) in [6, 6.07) is 15.5. The van der Waals surface area contributed by atoms with Crippen LogP contribution in [-0.2, 0) is 16.3 Å². The minimum absolute atomic E-state index is 0.0877. The second-order valence-electron chi connectivity index (χ2n) is 6.79. The van der Waals surface area contributed by atoms with Gasteiger partial charge in [0.2, 0.25) is 0 Å². The molecule has 2 aromatic rings. The number of hydrogen-bond acceptors (Lipinski definition) is 3. The van der Waals surface area contributed by atoms with Crippen LogP contribution in [0.1, 0.15) is 37.9 Å². The van der Waals surface area contributed by atoms with E-state index in [1.54, 1.807) is 24.3 Å². The van der Waals surface area contributed by atoms with E-state index in [0.717, 1.165) is 10.9 Å². The van der Waals surface area contributed by atoms with E-state index >= 15 is 0 Å². The molecule has 0 spiro atoms. The normalized spacial score (nSPS) is 13.2. The second kappa shape index (κ2) is 8.97. The van der Waals surface area contributed by atoms with E-state index in [2.05, 4.69) is 66.3 Å². The van der Waals surface area contributed by atoms with Crippen molar-refractivity contribution in [2.45, 2.75) is 38.1 Å². The Bertz CT molecular complexity index is 768. The van der Waals surface area contributed by atoms with Gasteiger partial charge in [0.1, 0.15) is 0 Å². The summed E-state index contributed by atoms with van der Waals surface area (Å²) in [5, 5.41) is 3.31. The van der Waals surface area contributed by atoms with Gasteiger partial charge in [-0.05, 0) is 54.7 Å². The highest BCUT2D eigenvalue weighted by molar-refractivity contribution is 9.10. The van der Waals surface area contributed by atoms with Crippen LogP contribution in [0.25, 0.3) is 0 Å². The summed E-state index contributed by atoms with van der Waals surface area (Å²) in [4.78, 5) is 0.364. The quantitative estimate of drug-likeness (QED) is 0.664. The summed E-state index contributed by atoms with van der Waals surface area (Å²) in [5.41, 5.74) is 2.51. The van der Waals surface area contributed by atoms with E-state index in [0.29, 0.717) is 17.4 Å². The molecule has 1 atom stereocenters.